The van der Waals surface area contributed by atoms with Crippen LogP contribution in [0.25, 0.3) is 4.96 Å². The minimum Gasteiger partial charge on any atom is -0.492 e. The lowest BCUT2D eigenvalue weighted by molar-refractivity contribution is 0.149. The molecule has 5 nitrogen and oxygen atoms in total. The smallest absolute Gasteiger partial charge is 0.230 e. The Kier molecular flexibility index (Phi) is 4.25. The Morgan fingerprint density at radius 1 is 1.24 bits per heavy atom. The zero-order valence-electron chi connectivity index (χ0n) is 14.9. The number of aromatic hydroxyl groups is 1. The van der Waals surface area contributed by atoms with Crippen LogP contribution in [0.4, 0.5) is 0 Å². The van der Waals surface area contributed by atoms with E-state index in [4.69, 9.17) is 0 Å². The molecule has 3 aromatic rings. The maximum Gasteiger partial charge on any atom is 0.230 e. The molecule has 0 bridgehead atoms. The highest BCUT2D eigenvalue weighted by Gasteiger charge is 2.31. The third-order valence-electron chi connectivity index (χ3n) is 5.00. The van der Waals surface area contributed by atoms with Crippen LogP contribution in [-0.2, 0) is 0 Å². The van der Waals surface area contributed by atoms with Crippen molar-refractivity contribution in [3.8, 4) is 5.88 Å². The largest absolute Gasteiger partial charge is 0.492 e. The minimum absolute atomic E-state index is 0.0529. The summed E-state index contributed by atoms with van der Waals surface area (Å²) in [5, 5.41) is 15.2. The monoisotopic (exact) mass is 356 g/mol. The van der Waals surface area contributed by atoms with Gasteiger partial charge in [-0.2, -0.15) is 4.52 Å². The second-order valence-electron chi connectivity index (χ2n) is 7.20. The summed E-state index contributed by atoms with van der Waals surface area (Å²) >= 11 is 1.54. The zero-order chi connectivity index (χ0) is 17.6. The molecule has 1 saturated heterocycles. The summed E-state index contributed by atoms with van der Waals surface area (Å²) in [6, 6.07) is 8.71. The van der Waals surface area contributed by atoms with Gasteiger partial charge in [0.2, 0.25) is 10.8 Å². The number of benzene rings is 1. The highest BCUT2D eigenvalue weighted by Crippen LogP contribution is 2.41. The van der Waals surface area contributed by atoms with Crippen molar-refractivity contribution < 1.29 is 5.11 Å². The van der Waals surface area contributed by atoms with Crippen LogP contribution in [0.3, 0.4) is 0 Å². The summed E-state index contributed by atoms with van der Waals surface area (Å²) in [5.41, 5.74) is 2.47. The molecular formula is C19H24N4OS. The molecule has 0 amide bonds. The highest BCUT2D eigenvalue weighted by atomic mass is 32.1. The van der Waals surface area contributed by atoms with Crippen LogP contribution in [0.15, 0.2) is 24.3 Å². The van der Waals surface area contributed by atoms with E-state index in [0.717, 1.165) is 22.9 Å². The molecule has 1 N–H and O–H groups in total. The molecule has 2 atom stereocenters. The van der Waals surface area contributed by atoms with Gasteiger partial charge in [-0.1, -0.05) is 48.1 Å². The maximum atomic E-state index is 10.8. The molecule has 25 heavy (non-hydrogen) atoms. The van der Waals surface area contributed by atoms with Crippen molar-refractivity contribution in [1.82, 2.24) is 19.5 Å². The van der Waals surface area contributed by atoms with E-state index < -0.39 is 0 Å². The molecule has 0 saturated carbocycles. The van der Waals surface area contributed by atoms with E-state index in [9.17, 15) is 5.11 Å². The van der Waals surface area contributed by atoms with Crippen molar-refractivity contribution in [2.24, 2.45) is 5.92 Å². The number of hydrogen-bond donors (Lipinski definition) is 1. The third kappa shape index (κ3) is 3.04. The molecule has 1 aromatic carbocycles. The Hall–Kier alpha value is -1.92. The Labute approximate surface area is 151 Å². The number of piperidine rings is 1. The van der Waals surface area contributed by atoms with Gasteiger partial charge in [-0.05, 0) is 44.7 Å². The van der Waals surface area contributed by atoms with E-state index in [1.54, 1.807) is 15.9 Å². The molecule has 3 heterocycles. The molecule has 0 spiro atoms. The fourth-order valence-electron chi connectivity index (χ4n) is 3.76. The van der Waals surface area contributed by atoms with Crippen molar-refractivity contribution in [2.45, 2.75) is 39.7 Å². The second kappa shape index (κ2) is 6.42. The van der Waals surface area contributed by atoms with Crippen molar-refractivity contribution >= 4 is 16.3 Å². The Balaban J connectivity index is 1.81. The first kappa shape index (κ1) is 16.5. The fraction of sp³-hybridized carbons (Fsp3) is 0.474. The van der Waals surface area contributed by atoms with Crippen LogP contribution in [-0.4, -0.2) is 37.7 Å². The number of nitrogens with zero attached hydrogens (tertiary/aromatic N) is 4. The average Bonchev–Trinajstić information content (AvgIpc) is 3.08. The van der Waals surface area contributed by atoms with Gasteiger partial charge < -0.3 is 5.11 Å². The van der Waals surface area contributed by atoms with Crippen LogP contribution >= 0.6 is 11.3 Å². The van der Waals surface area contributed by atoms with Crippen LogP contribution in [0.5, 0.6) is 5.88 Å². The molecular weight excluding hydrogens is 332 g/mol. The predicted molar refractivity (Wildman–Crippen MR) is 100 cm³/mol. The highest BCUT2D eigenvalue weighted by molar-refractivity contribution is 7.17. The van der Waals surface area contributed by atoms with E-state index in [0.29, 0.717) is 11.7 Å². The lowest BCUT2D eigenvalue weighted by atomic mass is 9.95. The molecule has 2 aromatic heterocycles. The van der Waals surface area contributed by atoms with Crippen molar-refractivity contribution in [3.63, 3.8) is 0 Å². The molecule has 132 valence electrons. The second-order valence-corrected chi connectivity index (χ2v) is 8.21. The number of rotatable bonds is 3. The van der Waals surface area contributed by atoms with E-state index in [1.807, 2.05) is 6.92 Å². The van der Waals surface area contributed by atoms with Crippen LogP contribution < -0.4 is 0 Å². The van der Waals surface area contributed by atoms with E-state index >= 15 is 0 Å². The Morgan fingerprint density at radius 2 is 2.00 bits per heavy atom. The zero-order valence-corrected chi connectivity index (χ0v) is 15.8. The molecule has 0 radical (unpaired) electrons. The summed E-state index contributed by atoms with van der Waals surface area (Å²) in [4.78, 5) is 8.63. The van der Waals surface area contributed by atoms with Gasteiger partial charge in [0.25, 0.3) is 0 Å². The van der Waals surface area contributed by atoms with Crippen molar-refractivity contribution in [3.05, 3.63) is 46.1 Å². The number of fused-ring (bicyclic) bond motifs is 1. The standard InChI is InChI=1S/C19H24N4OS/c1-12-6-8-15(9-7-12)16(22-10-4-5-13(2)11-22)17-18(24)23-19(25-17)20-14(3)21-23/h6-9,13,16,24H,4-5,10-11H2,1-3H3/t13-,16-/m0/s1. The third-order valence-corrected chi connectivity index (χ3v) is 6.07. The summed E-state index contributed by atoms with van der Waals surface area (Å²) in [7, 11) is 0. The molecule has 1 fully saturated rings. The van der Waals surface area contributed by atoms with Crippen LogP contribution in [0.2, 0.25) is 0 Å². The quantitative estimate of drug-likeness (QED) is 0.772. The fourth-order valence-corrected chi connectivity index (χ4v) is 4.93. The van der Waals surface area contributed by atoms with Gasteiger partial charge in [0.1, 0.15) is 5.82 Å². The van der Waals surface area contributed by atoms with Gasteiger partial charge in [0.15, 0.2) is 0 Å². The maximum absolute atomic E-state index is 10.8. The summed E-state index contributed by atoms with van der Waals surface area (Å²) in [6.07, 6.45) is 2.47. The number of aromatic nitrogens is 3. The first-order chi connectivity index (χ1) is 12.0. The lowest BCUT2D eigenvalue weighted by Gasteiger charge is -2.37. The average molecular weight is 356 g/mol. The molecule has 1 aliphatic heterocycles. The summed E-state index contributed by atoms with van der Waals surface area (Å²) in [5.74, 6) is 1.59. The van der Waals surface area contributed by atoms with Crippen molar-refractivity contribution in [2.75, 3.05) is 13.1 Å². The number of aryl methyl sites for hydroxylation is 2. The number of thiazole rings is 1. The molecule has 0 aliphatic carbocycles. The normalized spacial score (nSPS) is 20.2. The number of hydrogen-bond acceptors (Lipinski definition) is 5. The van der Waals surface area contributed by atoms with Gasteiger partial charge >= 0.3 is 0 Å². The molecule has 0 unspecified atom stereocenters. The topological polar surface area (TPSA) is 53.7 Å². The van der Waals surface area contributed by atoms with Gasteiger partial charge in [-0.3, -0.25) is 4.90 Å². The lowest BCUT2D eigenvalue weighted by Crippen LogP contribution is -2.37. The molecule has 6 heteroatoms. The molecule has 1 aliphatic rings. The van der Waals surface area contributed by atoms with Crippen LogP contribution in [0, 0.1) is 19.8 Å². The summed E-state index contributed by atoms with van der Waals surface area (Å²) in [6.45, 7) is 8.36. The van der Waals surface area contributed by atoms with E-state index in [2.05, 4.69) is 53.1 Å². The van der Waals surface area contributed by atoms with E-state index in [1.165, 1.54) is 24.0 Å². The first-order valence-electron chi connectivity index (χ1n) is 8.88. The summed E-state index contributed by atoms with van der Waals surface area (Å²) < 4.78 is 1.57. The first-order valence-corrected chi connectivity index (χ1v) is 9.70. The SMILES string of the molecule is Cc1ccc([C@@H](c2sc3nc(C)nn3c2O)N2CCC[C@H](C)C2)cc1. The molecule has 4 rings (SSSR count). The van der Waals surface area contributed by atoms with Crippen molar-refractivity contribution in [1.29, 1.82) is 0 Å². The minimum atomic E-state index is 0.0529. The number of likely N-dealkylation sites (tertiary alicyclic amines) is 1. The van der Waals surface area contributed by atoms with E-state index in [-0.39, 0.29) is 11.9 Å². The van der Waals surface area contributed by atoms with Gasteiger partial charge in [-0.15, -0.1) is 5.10 Å². The van der Waals surface area contributed by atoms with Gasteiger partial charge in [0, 0.05) is 6.54 Å². The van der Waals surface area contributed by atoms with Crippen LogP contribution in [0.1, 0.15) is 47.6 Å². The Morgan fingerprint density at radius 3 is 2.68 bits per heavy atom. The Bertz CT molecular complexity index is 883. The van der Waals surface area contributed by atoms with Gasteiger partial charge in [0.05, 0.1) is 10.9 Å². The predicted octanol–water partition coefficient (Wildman–Crippen LogP) is 3.93. The van der Waals surface area contributed by atoms with Gasteiger partial charge in [-0.25, -0.2) is 4.98 Å².